The molecule has 0 atom stereocenters. The van der Waals surface area contributed by atoms with Crippen LogP contribution in [0.5, 0.6) is 5.75 Å². The summed E-state index contributed by atoms with van der Waals surface area (Å²) < 4.78 is 6.78. The molecule has 1 amide bonds. The van der Waals surface area contributed by atoms with Crippen molar-refractivity contribution in [3.63, 3.8) is 0 Å². The summed E-state index contributed by atoms with van der Waals surface area (Å²) in [5.74, 6) is 0.173. The standard InChI is InChI=1S/C19H16Cl2N2O3/c1-11-8-18(25)23(19-13(11)4-3-5-16(19)26-2)10-17(24)22-12-6-7-14(20)15(21)9-12/h3-9H,10H2,1-2H3,(H,22,24). The molecule has 0 saturated heterocycles. The SMILES string of the molecule is COc1cccc2c(C)cc(=O)n(CC(=O)Nc3ccc(Cl)c(Cl)c3)c12. The third kappa shape index (κ3) is 3.54. The molecule has 7 heteroatoms. The number of nitrogens with zero attached hydrogens (tertiary/aromatic N) is 1. The summed E-state index contributed by atoms with van der Waals surface area (Å²) in [5, 5.41) is 4.31. The molecule has 0 fully saturated rings. The van der Waals surface area contributed by atoms with Crippen LogP contribution < -0.4 is 15.6 Å². The highest BCUT2D eigenvalue weighted by Crippen LogP contribution is 2.27. The summed E-state index contributed by atoms with van der Waals surface area (Å²) in [6.45, 7) is 1.69. The fraction of sp³-hybridized carbons (Fsp3) is 0.158. The van der Waals surface area contributed by atoms with Crippen molar-refractivity contribution in [2.45, 2.75) is 13.5 Å². The normalized spacial score (nSPS) is 10.8. The molecule has 3 aromatic rings. The number of fused-ring (bicyclic) bond motifs is 1. The summed E-state index contributed by atoms with van der Waals surface area (Å²) in [7, 11) is 1.53. The number of rotatable bonds is 4. The molecule has 0 bridgehead atoms. The third-order valence-corrected chi connectivity index (χ3v) is 4.76. The van der Waals surface area contributed by atoms with E-state index in [0.29, 0.717) is 27.0 Å². The highest BCUT2D eigenvalue weighted by molar-refractivity contribution is 6.42. The topological polar surface area (TPSA) is 60.3 Å². The Labute approximate surface area is 160 Å². The van der Waals surface area contributed by atoms with Crippen molar-refractivity contribution in [1.82, 2.24) is 4.57 Å². The van der Waals surface area contributed by atoms with E-state index in [1.807, 2.05) is 19.1 Å². The molecular formula is C19H16Cl2N2O3. The number of carbonyl (C=O) groups excluding carboxylic acids is 1. The monoisotopic (exact) mass is 390 g/mol. The number of pyridine rings is 1. The lowest BCUT2D eigenvalue weighted by molar-refractivity contribution is -0.116. The second kappa shape index (κ2) is 7.40. The van der Waals surface area contributed by atoms with Crippen molar-refractivity contribution < 1.29 is 9.53 Å². The number of aromatic nitrogens is 1. The first-order valence-corrected chi connectivity index (χ1v) is 8.58. The number of aryl methyl sites for hydroxylation is 1. The Balaban J connectivity index is 1.99. The fourth-order valence-corrected chi connectivity index (χ4v) is 3.11. The van der Waals surface area contributed by atoms with E-state index in [1.165, 1.54) is 17.7 Å². The average molecular weight is 391 g/mol. The Hall–Kier alpha value is -2.50. The van der Waals surface area contributed by atoms with Crippen molar-refractivity contribution >= 4 is 45.7 Å². The Morgan fingerprint density at radius 1 is 1.15 bits per heavy atom. The fourth-order valence-electron chi connectivity index (χ4n) is 2.81. The smallest absolute Gasteiger partial charge is 0.251 e. The highest BCUT2D eigenvalue weighted by atomic mass is 35.5. The number of methoxy groups -OCH3 is 1. The Kier molecular flexibility index (Phi) is 5.20. The van der Waals surface area contributed by atoms with Gasteiger partial charge in [0.15, 0.2) is 0 Å². The molecule has 134 valence electrons. The Morgan fingerprint density at radius 2 is 1.92 bits per heavy atom. The Morgan fingerprint density at radius 3 is 2.62 bits per heavy atom. The quantitative estimate of drug-likeness (QED) is 0.723. The molecular weight excluding hydrogens is 375 g/mol. The van der Waals surface area contributed by atoms with E-state index in [2.05, 4.69) is 5.32 Å². The maximum Gasteiger partial charge on any atom is 0.251 e. The zero-order chi connectivity index (χ0) is 18.8. The molecule has 1 heterocycles. The second-order valence-corrected chi connectivity index (χ2v) is 6.60. The zero-order valence-electron chi connectivity index (χ0n) is 14.2. The van der Waals surface area contributed by atoms with Crippen LogP contribution in [0.25, 0.3) is 10.9 Å². The van der Waals surface area contributed by atoms with Gasteiger partial charge in [0.2, 0.25) is 5.91 Å². The largest absolute Gasteiger partial charge is 0.495 e. The van der Waals surface area contributed by atoms with Crippen molar-refractivity contribution in [2.24, 2.45) is 0 Å². The molecule has 0 aliphatic heterocycles. The van der Waals surface area contributed by atoms with Gasteiger partial charge < -0.3 is 10.1 Å². The second-order valence-electron chi connectivity index (χ2n) is 5.79. The van der Waals surface area contributed by atoms with E-state index >= 15 is 0 Å². The first-order chi connectivity index (χ1) is 12.4. The predicted octanol–water partition coefficient (Wildman–Crippen LogP) is 4.26. The van der Waals surface area contributed by atoms with Crippen LogP contribution in [0, 0.1) is 6.92 Å². The molecule has 3 rings (SSSR count). The van der Waals surface area contributed by atoms with Crippen molar-refractivity contribution in [2.75, 3.05) is 12.4 Å². The van der Waals surface area contributed by atoms with Crippen LogP contribution in [0.4, 0.5) is 5.69 Å². The maximum atomic E-state index is 12.5. The van der Waals surface area contributed by atoms with Crippen LogP contribution in [-0.2, 0) is 11.3 Å². The molecule has 2 aromatic carbocycles. The first kappa shape index (κ1) is 18.3. The summed E-state index contributed by atoms with van der Waals surface area (Å²) in [4.78, 5) is 25.0. The van der Waals surface area contributed by atoms with Gasteiger partial charge in [0.1, 0.15) is 12.3 Å². The number of amides is 1. The predicted molar refractivity (Wildman–Crippen MR) is 105 cm³/mol. The molecule has 0 radical (unpaired) electrons. The Bertz CT molecular complexity index is 1060. The van der Waals surface area contributed by atoms with Gasteiger partial charge in [-0.2, -0.15) is 0 Å². The third-order valence-electron chi connectivity index (χ3n) is 4.02. The van der Waals surface area contributed by atoms with Gasteiger partial charge in [-0.15, -0.1) is 0 Å². The van der Waals surface area contributed by atoms with Crippen molar-refractivity contribution in [1.29, 1.82) is 0 Å². The van der Waals surface area contributed by atoms with Crippen molar-refractivity contribution in [3.05, 3.63) is 68.4 Å². The number of carbonyl (C=O) groups is 1. The number of ether oxygens (including phenoxy) is 1. The van der Waals surface area contributed by atoms with Crippen LogP contribution in [0.3, 0.4) is 0 Å². The lowest BCUT2D eigenvalue weighted by Crippen LogP contribution is -2.28. The molecule has 0 aliphatic rings. The zero-order valence-corrected chi connectivity index (χ0v) is 15.7. The number of hydrogen-bond donors (Lipinski definition) is 1. The molecule has 0 saturated carbocycles. The minimum absolute atomic E-state index is 0.157. The lowest BCUT2D eigenvalue weighted by Gasteiger charge is -2.15. The summed E-state index contributed by atoms with van der Waals surface area (Å²) in [5.41, 5.74) is 1.64. The van der Waals surface area contributed by atoms with E-state index in [0.717, 1.165) is 10.9 Å². The van der Waals surface area contributed by atoms with Crippen molar-refractivity contribution in [3.8, 4) is 5.75 Å². The average Bonchev–Trinajstić information content (AvgIpc) is 2.61. The van der Waals surface area contributed by atoms with Gasteiger partial charge in [0.05, 0.1) is 22.7 Å². The van der Waals surface area contributed by atoms with E-state index < -0.39 is 0 Å². The van der Waals surface area contributed by atoms with E-state index in [-0.39, 0.29) is 18.0 Å². The van der Waals surface area contributed by atoms with Gasteiger partial charge in [-0.05, 0) is 36.8 Å². The van der Waals surface area contributed by atoms with E-state index in [1.54, 1.807) is 24.3 Å². The molecule has 0 aliphatic carbocycles. The number of nitrogens with one attached hydrogen (secondary N) is 1. The first-order valence-electron chi connectivity index (χ1n) is 7.82. The van der Waals surface area contributed by atoms with Gasteiger partial charge in [0, 0.05) is 17.1 Å². The number of hydrogen-bond acceptors (Lipinski definition) is 3. The summed E-state index contributed by atoms with van der Waals surface area (Å²) in [6, 6.07) is 11.8. The highest BCUT2D eigenvalue weighted by Gasteiger charge is 2.14. The van der Waals surface area contributed by atoms with Gasteiger partial charge in [-0.1, -0.05) is 35.3 Å². The number of halogens is 2. The summed E-state index contributed by atoms with van der Waals surface area (Å²) >= 11 is 11.8. The van der Waals surface area contributed by atoms with Crippen LogP contribution in [-0.4, -0.2) is 17.6 Å². The van der Waals surface area contributed by atoms with Gasteiger partial charge in [0.25, 0.3) is 5.56 Å². The molecule has 1 N–H and O–H groups in total. The summed E-state index contributed by atoms with van der Waals surface area (Å²) in [6.07, 6.45) is 0. The minimum atomic E-state index is -0.360. The van der Waals surface area contributed by atoms with Gasteiger partial charge >= 0.3 is 0 Å². The van der Waals surface area contributed by atoms with Crippen LogP contribution in [0.2, 0.25) is 10.0 Å². The van der Waals surface area contributed by atoms with E-state index in [9.17, 15) is 9.59 Å². The number of benzene rings is 2. The molecule has 26 heavy (non-hydrogen) atoms. The molecule has 1 aromatic heterocycles. The molecule has 0 unspecified atom stereocenters. The molecule has 0 spiro atoms. The van der Waals surface area contributed by atoms with Gasteiger partial charge in [-0.25, -0.2) is 0 Å². The maximum absolute atomic E-state index is 12.5. The number of anilines is 1. The van der Waals surface area contributed by atoms with E-state index in [4.69, 9.17) is 27.9 Å². The molecule has 5 nitrogen and oxygen atoms in total. The van der Waals surface area contributed by atoms with Crippen LogP contribution in [0.1, 0.15) is 5.56 Å². The van der Waals surface area contributed by atoms with Crippen LogP contribution in [0.15, 0.2) is 47.3 Å². The minimum Gasteiger partial charge on any atom is -0.495 e. The van der Waals surface area contributed by atoms with Crippen LogP contribution >= 0.6 is 23.2 Å². The number of para-hydroxylation sites is 1. The van der Waals surface area contributed by atoms with Gasteiger partial charge in [-0.3, -0.25) is 14.2 Å². The lowest BCUT2D eigenvalue weighted by atomic mass is 10.1.